The van der Waals surface area contributed by atoms with Gasteiger partial charge >= 0.3 is 5.97 Å². The minimum Gasteiger partial charge on any atom is -0.493 e. The van der Waals surface area contributed by atoms with Crippen molar-refractivity contribution in [2.75, 3.05) is 20.2 Å². The fourth-order valence-electron chi connectivity index (χ4n) is 2.53. The standard InChI is InChI=1S/C18H23NO4/c1-13-8-10-19(11-9-13)18(21)7-5-15-4-6-16(23-14(2)20)17(12-15)22-3/h4-7,12-13H,8-11H2,1-3H3/b7-5+. The number of nitrogens with zero attached hydrogens (tertiary/aromatic N) is 1. The molecule has 1 aliphatic heterocycles. The third-order valence-electron chi connectivity index (χ3n) is 3.96. The zero-order valence-corrected chi connectivity index (χ0v) is 13.9. The quantitative estimate of drug-likeness (QED) is 0.487. The van der Waals surface area contributed by atoms with E-state index in [4.69, 9.17) is 9.47 Å². The van der Waals surface area contributed by atoms with E-state index in [9.17, 15) is 9.59 Å². The monoisotopic (exact) mass is 317 g/mol. The molecule has 23 heavy (non-hydrogen) atoms. The molecule has 1 heterocycles. The van der Waals surface area contributed by atoms with Gasteiger partial charge in [-0.3, -0.25) is 9.59 Å². The molecule has 124 valence electrons. The molecule has 0 N–H and O–H groups in total. The lowest BCUT2D eigenvalue weighted by atomic mass is 9.99. The Morgan fingerprint density at radius 3 is 2.52 bits per heavy atom. The van der Waals surface area contributed by atoms with Crippen LogP contribution in [0, 0.1) is 5.92 Å². The molecule has 1 aliphatic rings. The summed E-state index contributed by atoms with van der Waals surface area (Å²) in [5.74, 6) is 1.15. The number of piperidine rings is 1. The van der Waals surface area contributed by atoms with Gasteiger partial charge in [0.05, 0.1) is 7.11 Å². The molecule has 1 fully saturated rings. The van der Waals surface area contributed by atoms with E-state index < -0.39 is 5.97 Å². The van der Waals surface area contributed by atoms with Crippen LogP contribution in [0.3, 0.4) is 0 Å². The molecule has 0 unspecified atom stereocenters. The average molecular weight is 317 g/mol. The fraction of sp³-hybridized carbons (Fsp3) is 0.444. The van der Waals surface area contributed by atoms with Crippen molar-refractivity contribution in [3.8, 4) is 11.5 Å². The van der Waals surface area contributed by atoms with Gasteiger partial charge in [0.15, 0.2) is 11.5 Å². The Hall–Kier alpha value is -2.30. The maximum Gasteiger partial charge on any atom is 0.308 e. The van der Waals surface area contributed by atoms with Gasteiger partial charge in [0.1, 0.15) is 0 Å². The van der Waals surface area contributed by atoms with Gasteiger partial charge in [-0.15, -0.1) is 0 Å². The van der Waals surface area contributed by atoms with Crippen LogP contribution in [0.1, 0.15) is 32.3 Å². The molecule has 0 spiro atoms. The Morgan fingerprint density at radius 2 is 1.91 bits per heavy atom. The van der Waals surface area contributed by atoms with E-state index in [-0.39, 0.29) is 5.91 Å². The summed E-state index contributed by atoms with van der Waals surface area (Å²) < 4.78 is 10.3. The van der Waals surface area contributed by atoms with Gasteiger partial charge < -0.3 is 14.4 Å². The third-order valence-corrected chi connectivity index (χ3v) is 3.96. The summed E-state index contributed by atoms with van der Waals surface area (Å²) in [6.45, 7) is 5.19. The second-order valence-electron chi connectivity index (χ2n) is 5.85. The zero-order chi connectivity index (χ0) is 16.8. The lowest BCUT2D eigenvalue weighted by Gasteiger charge is -2.29. The number of hydrogen-bond acceptors (Lipinski definition) is 4. The Morgan fingerprint density at radius 1 is 1.22 bits per heavy atom. The van der Waals surface area contributed by atoms with Gasteiger partial charge in [-0.1, -0.05) is 13.0 Å². The zero-order valence-electron chi connectivity index (χ0n) is 13.9. The molecule has 0 atom stereocenters. The largest absolute Gasteiger partial charge is 0.493 e. The van der Waals surface area contributed by atoms with Crippen LogP contribution < -0.4 is 9.47 Å². The number of rotatable bonds is 4. The Labute approximate surface area is 136 Å². The van der Waals surface area contributed by atoms with Crippen molar-refractivity contribution in [3.63, 3.8) is 0 Å². The highest BCUT2D eigenvalue weighted by molar-refractivity contribution is 5.92. The lowest BCUT2D eigenvalue weighted by molar-refractivity contribution is -0.132. The number of amides is 1. The van der Waals surface area contributed by atoms with Gasteiger partial charge in [-0.25, -0.2) is 0 Å². The molecule has 5 nitrogen and oxygen atoms in total. The van der Waals surface area contributed by atoms with Crippen LogP contribution in [0.4, 0.5) is 0 Å². The normalized spacial score (nSPS) is 15.7. The van der Waals surface area contributed by atoms with Crippen molar-refractivity contribution in [3.05, 3.63) is 29.8 Å². The minimum atomic E-state index is -0.402. The number of hydrogen-bond donors (Lipinski definition) is 0. The van der Waals surface area contributed by atoms with Crippen LogP contribution >= 0.6 is 0 Å². The molecule has 2 rings (SSSR count). The van der Waals surface area contributed by atoms with Crippen LogP contribution in [0.25, 0.3) is 6.08 Å². The fourth-order valence-corrected chi connectivity index (χ4v) is 2.53. The summed E-state index contributed by atoms with van der Waals surface area (Å²) in [6, 6.07) is 5.18. The Kier molecular flexibility index (Phi) is 5.79. The van der Waals surface area contributed by atoms with E-state index >= 15 is 0 Å². The third kappa shape index (κ3) is 4.84. The van der Waals surface area contributed by atoms with Crippen LogP contribution in [0.5, 0.6) is 11.5 Å². The second-order valence-corrected chi connectivity index (χ2v) is 5.85. The Bertz CT molecular complexity index is 601. The molecule has 1 amide bonds. The molecule has 1 aromatic carbocycles. The number of likely N-dealkylation sites (tertiary alicyclic amines) is 1. The van der Waals surface area contributed by atoms with Crippen LogP contribution in [0.2, 0.25) is 0 Å². The first-order chi connectivity index (χ1) is 11.0. The Balaban J connectivity index is 2.04. The molecule has 0 bridgehead atoms. The highest BCUT2D eigenvalue weighted by Gasteiger charge is 2.18. The summed E-state index contributed by atoms with van der Waals surface area (Å²) in [5, 5.41) is 0. The first kappa shape index (κ1) is 17.1. The molecule has 0 aromatic heterocycles. The van der Waals surface area contributed by atoms with Crippen molar-refractivity contribution in [2.45, 2.75) is 26.7 Å². The number of carbonyl (C=O) groups excluding carboxylic acids is 2. The van der Waals surface area contributed by atoms with Gasteiger partial charge in [0.2, 0.25) is 5.91 Å². The van der Waals surface area contributed by atoms with Crippen LogP contribution in [-0.2, 0) is 9.59 Å². The van der Waals surface area contributed by atoms with Crippen molar-refractivity contribution >= 4 is 18.0 Å². The first-order valence-electron chi connectivity index (χ1n) is 7.83. The number of carbonyl (C=O) groups is 2. The van der Waals surface area contributed by atoms with E-state index in [2.05, 4.69) is 6.92 Å². The molecule has 5 heteroatoms. The summed E-state index contributed by atoms with van der Waals surface area (Å²) >= 11 is 0. The summed E-state index contributed by atoms with van der Waals surface area (Å²) in [7, 11) is 1.51. The first-order valence-corrected chi connectivity index (χ1v) is 7.83. The van der Waals surface area contributed by atoms with Crippen molar-refractivity contribution in [1.82, 2.24) is 4.90 Å². The number of ether oxygens (including phenoxy) is 2. The molecular weight excluding hydrogens is 294 g/mol. The lowest BCUT2D eigenvalue weighted by Crippen LogP contribution is -2.36. The molecule has 1 aromatic rings. The maximum atomic E-state index is 12.2. The summed E-state index contributed by atoms with van der Waals surface area (Å²) in [4.78, 5) is 25.1. The van der Waals surface area contributed by atoms with Gasteiger partial charge in [-0.2, -0.15) is 0 Å². The van der Waals surface area contributed by atoms with Crippen LogP contribution in [0.15, 0.2) is 24.3 Å². The van der Waals surface area contributed by atoms with Crippen LogP contribution in [-0.4, -0.2) is 37.0 Å². The molecule has 1 saturated heterocycles. The molecule has 0 saturated carbocycles. The highest BCUT2D eigenvalue weighted by Crippen LogP contribution is 2.28. The highest BCUT2D eigenvalue weighted by atomic mass is 16.6. The van der Waals surface area contributed by atoms with Gasteiger partial charge in [0.25, 0.3) is 0 Å². The molecule has 0 radical (unpaired) electrons. The SMILES string of the molecule is COc1cc(/C=C/C(=O)N2CCC(C)CC2)ccc1OC(C)=O. The average Bonchev–Trinajstić information content (AvgIpc) is 2.53. The predicted molar refractivity (Wildman–Crippen MR) is 88.3 cm³/mol. The second kappa shape index (κ2) is 7.81. The maximum absolute atomic E-state index is 12.2. The van der Waals surface area contributed by atoms with Gasteiger partial charge in [-0.05, 0) is 42.5 Å². The van der Waals surface area contributed by atoms with Crippen molar-refractivity contribution in [1.29, 1.82) is 0 Å². The smallest absolute Gasteiger partial charge is 0.308 e. The van der Waals surface area contributed by atoms with Crippen molar-refractivity contribution in [2.24, 2.45) is 5.92 Å². The van der Waals surface area contributed by atoms with E-state index in [0.717, 1.165) is 31.5 Å². The summed E-state index contributed by atoms with van der Waals surface area (Å²) in [6.07, 6.45) is 5.45. The number of benzene rings is 1. The van der Waals surface area contributed by atoms with E-state index in [1.54, 1.807) is 30.4 Å². The molecular formula is C18H23NO4. The van der Waals surface area contributed by atoms with Gasteiger partial charge in [0, 0.05) is 26.1 Å². The molecule has 0 aliphatic carbocycles. The number of methoxy groups -OCH3 is 1. The van der Waals surface area contributed by atoms with E-state index in [1.165, 1.54) is 14.0 Å². The summed E-state index contributed by atoms with van der Waals surface area (Å²) in [5.41, 5.74) is 0.816. The van der Waals surface area contributed by atoms with Crippen molar-refractivity contribution < 1.29 is 19.1 Å². The van der Waals surface area contributed by atoms with E-state index in [0.29, 0.717) is 17.4 Å². The minimum absolute atomic E-state index is 0.0277. The number of esters is 1. The van der Waals surface area contributed by atoms with E-state index in [1.807, 2.05) is 4.90 Å². The predicted octanol–water partition coefficient (Wildman–Crippen LogP) is 2.89. The topological polar surface area (TPSA) is 55.8 Å².